The van der Waals surface area contributed by atoms with Gasteiger partial charge in [0.25, 0.3) is 0 Å². The number of rotatable bonds is 7. The number of aliphatic carboxylic acids is 1. The Kier molecular flexibility index (Phi) is 5.20. The highest BCUT2D eigenvalue weighted by atomic mass is 16.5. The van der Waals surface area contributed by atoms with Crippen LogP contribution in [0.2, 0.25) is 0 Å². The second-order valence-electron chi connectivity index (χ2n) is 5.96. The molecule has 0 radical (unpaired) electrons. The van der Waals surface area contributed by atoms with E-state index < -0.39 is 12.0 Å². The Morgan fingerprint density at radius 2 is 2.09 bits per heavy atom. The summed E-state index contributed by atoms with van der Waals surface area (Å²) in [5.41, 5.74) is 3.38. The van der Waals surface area contributed by atoms with Crippen LogP contribution in [0.3, 0.4) is 0 Å². The summed E-state index contributed by atoms with van der Waals surface area (Å²) < 4.78 is 7.07. The summed E-state index contributed by atoms with van der Waals surface area (Å²) in [6.45, 7) is 8.90. The number of likely N-dealkylation sites (N-methyl/N-ethyl adjacent to an activating group) is 1. The van der Waals surface area contributed by atoms with Crippen molar-refractivity contribution in [3.63, 3.8) is 0 Å². The fourth-order valence-corrected chi connectivity index (χ4v) is 2.91. The summed E-state index contributed by atoms with van der Waals surface area (Å²) in [5.74, 6) is -0.340. The lowest BCUT2D eigenvalue weighted by Crippen LogP contribution is -2.32. The first-order chi connectivity index (χ1) is 10.8. The zero-order valence-electron chi connectivity index (χ0n) is 14.3. The third-order valence-electron chi connectivity index (χ3n) is 4.02. The number of hydrogen-bond donors (Lipinski definition) is 1. The maximum Gasteiger partial charge on any atom is 0.325 e. The second kappa shape index (κ2) is 6.95. The molecule has 23 heavy (non-hydrogen) atoms. The minimum atomic E-state index is -0.895. The predicted molar refractivity (Wildman–Crippen MR) is 85.3 cm³/mol. The molecule has 0 spiro atoms. The molecule has 0 saturated heterocycles. The molecule has 2 heterocycles. The largest absolute Gasteiger partial charge is 0.480 e. The fraction of sp³-hybridized carbons (Fsp3) is 0.562. The van der Waals surface area contributed by atoms with Crippen LogP contribution >= 0.6 is 0 Å². The molecule has 0 saturated carbocycles. The smallest absolute Gasteiger partial charge is 0.325 e. The molecular weight excluding hydrogens is 296 g/mol. The topological polar surface area (TPSA) is 84.4 Å². The van der Waals surface area contributed by atoms with E-state index in [1.165, 1.54) is 0 Å². The van der Waals surface area contributed by atoms with Gasteiger partial charge in [-0.3, -0.25) is 14.4 Å². The van der Waals surface area contributed by atoms with Gasteiger partial charge in [-0.1, -0.05) is 5.16 Å². The van der Waals surface area contributed by atoms with Gasteiger partial charge in [0.1, 0.15) is 11.8 Å². The number of carbonyl (C=O) groups is 1. The van der Waals surface area contributed by atoms with Crippen LogP contribution in [0.15, 0.2) is 10.6 Å². The molecule has 0 aliphatic rings. The van der Waals surface area contributed by atoms with Crippen molar-refractivity contribution in [2.45, 2.75) is 46.7 Å². The van der Waals surface area contributed by atoms with E-state index in [2.05, 4.69) is 10.3 Å². The molecule has 1 N–H and O–H groups in total. The van der Waals surface area contributed by atoms with Gasteiger partial charge in [-0.2, -0.15) is 5.10 Å². The molecule has 0 fully saturated rings. The van der Waals surface area contributed by atoms with Gasteiger partial charge in [-0.05, 0) is 47.2 Å². The molecule has 2 rings (SSSR count). The molecule has 7 nitrogen and oxygen atoms in total. The third kappa shape index (κ3) is 3.79. The van der Waals surface area contributed by atoms with E-state index in [0.29, 0.717) is 23.6 Å². The highest BCUT2D eigenvalue weighted by Gasteiger charge is 2.30. The number of aromatic nitrogens is 3. The Labute approximate surface area is 135 Å². The number of nitrogens with zero attached hydrogens (tertiary/aromatic N) is 4. The van der Waals surface area contributed by atoms with Crippen LogP contribution in [0, 0.1) is 27.7 Å². The Balaban J connectivity index is 2.03. The first-order valence-electron chi connectivity index (χ1n) is 7.68. The molecule has 0 amide bonds. The molecule has 126 valence electrons. The quantitative estimate of drug-likeness (QED) is 0.842. The van der Waals surface area contributed by atoms with Gasteiger partial charge in [0.15, 0.2) is 0 Å². The molecule has 0 aromatic carbocycles. The molecule has 1 atom stereocenters. The number of hydrogen-bond acceptors (Lipinski definition) is 5. The molecular formula is C16H24N4O3. The second-order valence-corrected chi connectivity index (χ2v) is 5.96. The number of carboxylic acids is 1. The van der Waals surface area contributed by atoms with E-state index in [9.17, 15) is 9.90 Å². The summed E-state index contributed by atoms with van der Waals surface area (Å²) in [6.07, 6.45) is 0.811. The average molecular weight is 320 g/mol. The first kappa shape index (κ1) is 17.2. The van der Waals surface area contributed by atoms with Gasteiger partial charge in [-0.15, -0.1) is 0 Å². The molecule has 2 aromatic rings. The average Bonchev–Trinajstić information content (AvgIpc) is 2.94. The zero-order chi connectivity index (χ0) is 17.1. The molecule has 0 aliphatic heterocycles. The van der Waals surface area contributed by atoms with Crippen molar-refractivity contribution in [2.24, 2.45) is 0 Å². The highest BCUT2D eigenvalue weighted by molar-refractivity contribution is 5.76. The van der Waals surface area contributed by atoms with Crippen molar-refractivity contribution in [1.29, 1.82) is 0 Å². The first-order valence-corrected chi connectivity index (χ1v) is 7.68. The lowest BCUT2D eigenvalue weighted by Gasteiger charge is -2.24. The number of carboxylic acid groups (broad SMARTS) is 1. The minimum absolute atomic E-state index is 0.556. The van der Waals surface area contributed by atoms with Crippen molar-refractivity contribution < 1.29 is 14.4 Å². The lowest BCUT2D eigenvalue weighted by molar-refractivity contribution is -0.143. The van der Waals surface area contributed by atoms with Crippen LogP contribution in [0.1, 0.15) is 40.9 Å². The molecule has 0 aliphatic carbocycles. The van der Waals surface area contributed by atoms with Crippen molar-refractivity contribution in [3.05, 3.63) is 34.5 Å². The van der Waals surface area contributed by atoms with E-state index in [1.807, 2.05) is 36.5 Å². The van der Waals surface area contributed by atoms with Crippen molar-refractivity contribution >= 4 is 5.97 Å². The SMILES string of the molecule is Cc1cc(C)n(CCCN(C)[C@H](C(=O)O)c2c(C)noc2C)n1. The van der Waals surface area contributed by atoms with Crippen molar-refractivity contribution in [1.82, 2.24) is 19.8 Å². The summed E-state index contributed by atoms with van der Waals surface area (Å²) in [4.78, 5) is 13.5. The van der Waals surface area contributed by atoms with Crippen LogP contribution in [-0.4, -0.2) is 44.5 Å². The van der Waals surface area contributed by atoms with Gasteiger partial charge >= 0.3 is 5.97 Å². The highest BCUT2D eigenvalue weighted by Crippen LogP contribution is 2.26. The van der Waals surface area contributed by atoms with E-state index in [1.54, 1.807) is 13.8 Å². The van der Waals surface area contributed by atoms with Gasteiger partial charge < -0.3 is 9.63 Å². The molecule has 0 unspecified atom stereocenters. The summed E-state index contributed by atoms with van der Waals surface area (Å²) in [5, 5.41) is 17.9. The van der Waals surface area contributed by atoms with Gasteiger partial charge in [0.2, 0.25) is 0 Å². The lowest BCUT2D eigenvalue weighted by atomic mass is 10.0. The normalized spacial score (nSPS) is 12.8. The van der Waals surface area contributed by atoms with E-state index in [4.69, 9.17) is 4.52 Å². The van der Waals surface area contributed by atoms with Crippen molar-refractivity contribution in [2.75, 3.05) is 13.6 Å². The van der Waals surface area contributed by atoms with Crippen LogP contribution in [-0.2, 0) is 11.3 Å². The standard InChI is InChI=1S/C16H24N4O3/c1-10-9-11(2)20(17-10)8-6-7-19(5)15(16(21)22)14-12(3)18-23-13(14)4/h9,15H,6-8H2,1-5H3,(H,21,22)/t15-/m0/s1. The Hall–Kier alpha value is -2.15. The van der Waals surface area contributed by atoms with E-state index in [-0.39, 0.29) is 0 Å². The van der Waals surface area contributed by atoms with Crippen LogP contribution in [0.4, 0.5) is 0 Å². The Morgan fingerprint density at radius 3 is 2.57 bits per heavy atom. The summed E-state index contributed by atoms with van der Waals surface area (Å²) in [6, 6.07) is 1.29. The number of aryl methyl sites for hydroxylation is 5. The van der Waals surface area contributed by atoms with Crippen LogP contribution in [0.25, 0.3) is 0 Å². The van der Waals surface area contributed by atoms with Gasteiger partial charge in [0, 0.05) is 24.3 Å². The van der Waals surface area contributed by atoms with E-state index >= 15 is 0 Å². The molecule has 2 aromatic heterocycles. The molecule has 0 bridgehead atoms. The Bertz CT molecular complexity index is 670. The van der Waals surface area contributed by atoms with Crippen LogP contribution in [0.5, 0.6) is 0 Å². The zero-order valence-corrected chi connectivity index (χ0v) is 14.3. The predicted octanol–water partition coefficient (Wildman–Crippen LogP) is 2.25. The Morgan fingerprint density at radius 1 is 1.39 bits per heavy atom. The van der Waals surface area contributed by atoms with Crippen molar-refractivity contribution in [3.8, 4) is 0 Å². The maximum atomic E-state index is 11.7. The third-order valence-corrected chi connectivity index (χ3v) is 4.02. The summed E-state index contributed by atoms with van der Waals surface area (Å²) >= 11 is 0. The monoisotopic (exact) mass is 320 g/mol. The summed E-state index contributed by atoms with van der Waals surface area (Å²) in [7, 11) is 1.81. The maximum absolute atomic E-state index is 11.7. The van der Waals surface area contributed by atoms with Crippen LogP contribution < -0.4 is 0 Å². The van der Waals surface area contributed by atoms with Gasteiger partial charge in [-0.25, -0.2) is 0 Å². The van der Waals surface area contributed by atoms with Gasteiger partial charge in [0.05, 0.1) is 11.4 Å². The van der Waals surface area contributed by atoms with E-state index in [0.717, 1.165) is 24.4 Å². The fourth-order valence-electron chi connectivity index (χ4n) is 2.91. The minimum Gasteiger partial charge on any atom is -0.480 e. The molecule has 7 heteroatoms.